The Morgan fingerprint density at radius 3 is 2.54 bits per heavy atom. The summed E-state index contributed by atoms with van der Waals surface area (Å²) in [4.78, 5) is 33.0. The Hall–Kier alpha value is -2.57. The van der Waals surface area contributed by atoms with Crippen LogP contribution in [-0.2, 0) is 0 Å². The Labute approximate surface area is 153 Å². The number of benzene rings is 1. The molecular weight excluding hydrogens is 332 g/mol. The molecule has 2 heterocycles. The summed E-state index contributed by atoms with van der Waals surface area (Å²) >= 11 is 0. The molecule has 1 fully saturated rings. The fourth-order valence-corrected chi connectivity index (χ4v) is 3.08. The second-order valence-corrected chi connectivity index (χ2v) is 7.73. The van der Waals surface area contributed by atoms with E-state index in [0.717, 1.165) is 11.9 Å². The number of nitrogens with zero attached hydrogens (tertiary/aromatic N) is 3. The molecule has 1 N–H and O–H groups in total. The van der Waals surface area contributed by atoms with Gasteiger partial charge in [0.1, 0.15) is 5.52 Å². The second kappa shape index (κ2) is 6.97. The molecule has 2 aromatic rings. The molecule has 26 heavy (non-hydrogen) atoms. The van der Waals surface area contributed by atoms with Crippen molar-refractivity contribution in [3.63, 3.8) is 0 Å². The first-order chi connectivity index (χ1) is 12.2. The number of carbonyl (C=O) groups excluding carboxylic acids is 2. The first-order valence-corrected chi connectivity index (χ1v) is 8.96. The molecule has 0 radical (unpaired) electrons. The van der Waals surface area contributed by atoms with E-state index in [2.05, 4.69) is 10.3 Å². The number of hydrogen-bond acceptors (Lipinski definition) is 4. The third kappa shape index (κ3) is 4.15. The minimum atomic E-state index is -0.274. The summed E-state index contributed by atoms with van der Waals surface area (Å²) in [6, 6.07) is 5.25. The van der Waals surface area contributed by atoms with E-state index in [1.807, 2.05) is 20.8 Å². The molecule has 0 unspecified atom stereocenters. The molecule has 0 aliphatic carbocycles. The molecular formula is C19H26N4O3. The lowest BCUT2D eigenvalue weighted by Gasteiger charge is -2.27. The highest BCUT2D eigenvalue weighted by Gasteiger charge is 2.25. The van der Waals surface area contributed by atoms with Gasteiger partial charge in [0.15, 0.2) is 11.5 Å². The molecule has 3 amide bonds. The Kier molecular flexibility index (Phi) is 4.89. The fourth-order valence-electron chi connectivity index (χ4n) is 3.08. The predicted molar refractivity (Wildman–Crippen MR) is 99.1 cm³/mol. The monoisotopic (exact) mass is 358 g/mol. The van der Waals surface area contributed by atoms with E-state index in [-0.39, 0.29) is 17.5 Å². The molecule has 0 saturated carbocycles. The normalized spacial score (nSPS) is 15.8. The molecule has 140 valence electrons. The van der Waals surface area contributed by atoms with Crippen LogP contribution in [-0.4, -0.2) is 58.4 Å². The zero-order valence-corrected chi connectivity index (χ0v) is 15.8. The van der Waals surface area contributed by atoms with Crippen LogP contribution in [0.15, 0.2) is 22.6 Å². The smallest absolute Gasteiger partial charge is 0.317 e. The zero-order chi connectivity index (χ0) is 18.9. The minimum absolute atomic E-state index is 0.0426. The third-order valence-corrected chi connectivity index (χ3v) is 4.29. The summed E-state index contributed by atoms with van der Waals surface area (Å²) < 4.78 is 5.52. The van der Waals surface area contributed by atoms with E-state index < -0.39 is 0 Å². The quantitative estimate of drug-likeness (QED) is 0.850. The van der Waals surface area contributed by atoms with Gasteiger partial charge in [-0.15, -0.1) is 0 Å². The van der Waals surface area contributed by atoms with Crippen molar-refractivity contribution >= 4 is 23.0 Å². The lowest BCUT2D eigenvalue weighted by atomic mass is 10.1. The average Bonchev–Trinajstić information content (AvgIpc) is 2.76. The van der Waals surface area contributed by atoms with Crippen LogP contribution in [0, 0.1) is 6.92 Å². The molecule has 1 aliphatic heterocycles. The highest BCUT2D eigenvalue weighted by atomic mass is 16.3. The van der Waals surface area contributed by atoms with Crippen molar-refractivity contribution in [3.8, 4) is 0 Å². The number of rotatable bonds is 1. The lowest BCUT2D eigenvalue weighted by Crippen LogP contribution is -2.49. The lowest BCUT2D eigenvalue weighted by molar-refractivity contribution is 0.0762. The number of carbonyl (C=O) groups is 2. The highest BCUT2D eigenvalue weighted by molar-refractivity contribution is 5.97. The van der Waals surface area contributed by atoms with Gasteiger partial charge in [-0.1, -0.05) is 0 Å². The molecule has 0 spiro atoms. The van der Waals surface area contributed by atoms with E-state index in [4.69, 9.17) is 4.42 Å². The summed E-state index contributed by atoms with van der Waals surface area (Å²) in [7, 11) is 0. The van der Waals surface area contributed by atoms with Crippen molar-refractivity contribution in [2.75, 3.05) is 26.2 Å². The molecule has 7 heteroatoms. The molecule has 1 aliphatic rings. The van der Waals surface area contributed by atoms with Gasteiger partial charge in [-0.25, -0.2) is 9.78 Å². The van der Waals surface area contributed by atoms with Gasteiger partial charge < -0.3 is 19.5 Å². The summed E-state index contributed by atoms with van der Waals surface area (Å²) in [5, 5.41) is 2.98. The summed E-state index contributed by atoms with van der Waals surface area (Å²) in [5.41, 5.74) is 1.68. The van der Waals surface area contributed by atoms with E-state index in [0.29, 0.717) is 43.2 Å². The fraction of sp³-hybridized carbons (Fsp3) is 0.526. The largest absolute Gasteiger partial charge is 0.441 e. The van der Waals surface area contributed by atoms with Crippen LogP contribution in [0.5, 0.6) is 0 Å². The first-order valence-electron chi connectivity index (χ1n) is 8.96. The van der Waals surface area contributed by atoms with Crippen LogP contribution < -0.4 is 5.32 Å². The number of oxazole rings is 1. The molecule has 0 bridgehead atoms. The topological polar surface area (TPSA) is 78.7 Å². The number of fused-ring (bicyclic) bond motifs is 1. The van der Waals surface area contributed by atoms with Crippen LogP contribution >= 0.6 is 0 Å². The molecule has 7 nitrogen and oxygen atoms in total. The first kappa shape index (κ1) is 18.2. The van der Waals surface area contributed by atoms with E-state index >= 15 is 0 Å². The Bertz CT molecular complexity index is 822. The number of urea groups is 1. The molecule has 0 atom stereocenters. The maximum absolute atomic E-state index is 12.9. The molecule has 3 rings (SSSR count). The minimum Gasteiger partial charge on any atom is -0.441 e. The molecule has 1 aromatic heterocycles. The second-order valence-electron chi connectivity index (χ2n) is 7.73. The van der Waals surface area contributed by atoms with Crippen LogP contribution in [0.2, 0.25) is 0 Å². The average molecular weight is 358 g/mol. The Balaban J connectivity index is 1.67. The van der Waals surface area contributed by atoms with Crippen molar-refractivity contribution in [2.45, 2.75) is 39.7 Å². The zero-order valence-electron chi connectivity index (χ0n) is 15.8. The highest BCUT2D eigenvalue weighted by Crippen LogP contribution is 2.18. The summed E-state index contributed by atoms with van der Waals surface area (Å²) in [6.07, 6.45) is 0.757. The number of nitrogens with one attached hydrogen (secondary N) is 1. The maximum Gasteiger partial charge on any atom is 0.317 e. The van der Waals surface area contributed by atoms with Crippen molar-refractivity contribution < 1.29 is 14.0 Å². The number of aryl methyl sites for hydroxylation is 1. The van der Waals surface area contributed by atoms with Gasteiger partial charge in [-0.3, -0.25) is 4.79 Å². The van der Waals surface area contributed by atoms with Crippen LogP contribution in [0.3, 0.4) is 0 Å². The van der Waals surface area contributed by atoms with Gasteiger partial charge in [0.25, 0.3) is 5.91 Å². The maximum atomic E-state index is 12.9. The number of hydrogen-bond donors (Lipinski definition) is 1. The Morgan fingerprint density at radius 1 is 1.12 bits per heavy atom. The van der Waals surface area contributed by atoms with Crippen molar-refractivity contribution in [1.82, 2.24) is 20.1 Å². The van der Waals surface area contributed by atoms with Crippen LogP contribution in [0.4, 0.5) is 4.79 Å². The SMILES string of the molecule is Cc1nc2ccc(C(=O)N3CCCN(C(=O)NC(C)(C)C)CC3)cc2o1. The van der Waals surface area contributed by atoms with E-state index in [1.54, 1.807) is 34.9 Å². The van der Waals surface area contributed by atoms with Gasteiger partial charge in [0, 0.05) is 44.2 Å². The Morgan fingerprint density at radius 2 is 1.81 bits per heavy atom. The molecule has 1 saturated heterocycles. The van der Waals surface area contributed by atoms with Gasteiger partial charge in [0.05, 0.1) is 0 Å². The predicted octanol–water partition coefficient (Wildman–Crippen LogP) is 2.79. The van der Waals surface area contributed by atoms with Crippen molar-refractivity contribution in [2.24, 2.45) is 0 Å². The van der Waals surface area contributed by atoms with E-state index in [9.17, 15) is 9.59 Å². The summed E-state index contributed by atoms with van der Waals surface area (Å²) in [5.74, 6) is 0.541. The standard InChI is InChI=1S/C19H26N4O3/c1-13-20-15-7-6-14(12-16(15)26-13)17(24)22-8-5-9-23(11-10-22)18(25)21-19(2,3)4/h6-7,12H,5,8-11H2,1-4H3,(H,21,25). The van der Waals surface area contributed by atoms with Gasteiger partial charge >= 0.3 is 6.03 Å². The summed E-state index contributed by atoms with van der Waals surface area (Å²) in [6.45, 7) is 9.98. The van der Waals surface area contributed by atoms with Gasteiger partial charge in [0.2, 0.25) is 0 Å². The number of amides is 3. The van der Waals surface area contributed by atoms with E-state index in [1.165, 1.54) is 0 Å². The third-order valence-electron chi connectivity index (χ3n) is 4.29. The van der Waals surface area contributed by atoms with Gasteiger partial charge in [-0.05, 0) is 45.4 Å². The number of aromatic nitrogens is 1. The van der Waals surface area contributed by atoms with Crippen molar-refractivity contribution in [3.05, 3.63) is 29.7 Å². The van der Waals surface area contributed by atoms with Gasteiger partial charge in [-0.2, -0.15) is 0 Å². The molecule has 1 aromatic carbocycles. The van der Waals surface area contributed by atoms with Crippen molar-refractivity contribution in [1.29, 1.82) is 0 Å². The van der Waals surface area contributed by atoms with Crippen LogP contribution in [0.25, 0.3) is 11.1 Å². The van der Waals surface area contributed by atoms with Crippen LogP contribution in [0.1, 0.15) is 43.4 Å².